The molecule has 1 unspecified atom stereocenters. The molecular formula is C10H21BN2O. The van der Waals surface area contributed by atoms with E-state index in [9.17, 15) is 4.79 Å². The largest absolute Gasteiger partial charge is 0.344 e. The fourth-order valence-electron chi connectivity index (χ4n) is 1.06. The fraction of sp³-hybridized carbons (Fsp3) is 0.900. The minimum atomic E-state index is 0.0394. The van der Waals surface area contributed by atoms with E-state index in [2.05, 4.69) is 0 Å². The lowest BCUT2D eigenvalue weighted by molar-refractivity contribution is -0.133. The van der Waals surface area contributed by atoms with Crippen molar-refractivity contribution in [3.8, 4) is 0 Å². The monoisotopic (exact) mass is 196 g/mol. The van der Waals surface area contributed by atoms with E-state index in [1.165, 1.54) is 0 Å². The highest BCUT2D eigenvalue weighted by molar-refractivity contribution is 6.11. The topological polar surface area (TPSA) is 23.6 Å². The van der Waals surface area contributed by atoms with E-state index in [1.54, 1.807) is 4.90 Å². The van der Waals surface area contributed by atoms with Gasteiger partial charge >= 0.3 is 0 Å². The number of likely N-dealkylation sites (N-methyl/N-ethyl adjacent to an activating group) is 2. The Bertz CT molecular complexity index is 183. The summed E-state index contributed by atoms with van der Waals surface area (Å²) in [6.07, 6.45) is 0. The summed E-state index contributed by atoms with van der Waals surface area (Å²) in [6, 6.07) is 0. The van der Waals surface area contributed by atoms with Crippen molar-refractivity contribution in [3.05, 3.63) is 0 Å². The van der Waals surface area contributed by atoms with Gasteiger partial charge in [0.1, 0.15) is 0 Å². The lowest BCUT2D eigenvalue weighted by Crippen LogP contribution is -2.39. The van der Waals surface area contributed by atoms with Crippen molar-refractivity contribution in [2.75, 3.05) is 27.2 Å². The van der Waals surface area contributed by atoms with Gasteiger partial charge in [-0.3, -0.25) is 4.79 Å². The molecule has 0 fully saturated rings. The summed E-state index contributed by atoms with van der Waals surface area (Å²) >= 11 is 0. The molecule has 0 bridgehead atoms. The molecule has 0 aromatic heterocycles. The highest BCUT2D eigenvalue weighted by atomic mass is 16.2. The van der Waals surface area contributed by atoms with Crippen LogP contribution >= 0.6 is 0 Å². The van der Waals surface area contributed by atoms with Gasteiger partial charge in [0.25, 0.3) is 0 Å². The maximum absolute atomic E-state index is 11.5. The smallest absolute Gasteiger partial charge is 0.224 e. The quantitative estimate of drug-likeness (QED) is 0.599. The molecule has 1 atom stereocenters. The van der Waals surface area contributed by atoms with Crippen LogP contribution in [-0.2, 0) is 4.79 Å². The molecule has 2 radical (unpaired) electrons. The third kappa shape index (κ3) is 4.65. The van der Waals surface area contributed by atoms with Crippen LogP contribution in [0.25, 0.3) is 0 Å². The van der Waals surface area contributed by atoms with Crippen LogP contribution < -0.4 is 0 Å². The van der Waals surface area contributed by atoms with Crippen molar-refractivity contribution in [1.82, 2.24) is 9.80 Å². The van der Waals surface area contributed by atoms with Crippen LogP contribution in [-0.4, -0.2) is 56.7 Å². The van der Waals surface area contributed by atoms with Crippen LogP contribution in [0.1, 0.15) is 20.8 Å². The first-order chi connectivity index (χ1) is 6.36. The molecule has 0 aliphatic heterocycles. The van der Waals surface area contributed by atoms with Crippen LogP contribution in [0.5, 0.6) is 0 Å². The Morgan fingerprint density at radius 3 is 2.07 bits per heavy atom. The van der Waals surface area contributed by atoms with E-state index in [4.69, 9.17) is 7.85 Å². The summed E-state index contributed by atoms with van der Waals surface area (Å²) < 4.78 is 0. The van der Waals surface area contributed by atoms with Gasteiger partial charge in [0, 0.05) is 26.1 Å². The van der Waals surface area contributed by atoms with Crippen molar-refractivity contribution < 1.29 is 4.79 Å². The third-order valence-corrected chi connectivity index (χ3v) is 2.35. The zero-order valence-electron chi connectivity index (χ0n) is 9.95. The summed E-state index contributed by atoms with van der Waals surface area (Å²) in [5.74, 6) is 0.293. The minimum Gasteiger partial charge on any atom is -0.344 e. The van der Waals surface area contributed by atoms with Gasteiger partial charge < -0.3 is 9.80 Å². The van der Waals surface area contributed by atoms with Crippen LogP contribution in [0.4, 0.5) is 0 Å². The molecule has 1 amide bonds. The molecule has 0 heterocycles. The molecule has 4 heteroatoms. The summed E-state index contributed by atoms with van der Waals surface area (Å²) in [5, 5.41) is 0. The second-order valence-corrected chi connectivity index (χ2v) is 4.14. The highest BCUT2D eigenvalue weighted by Gasteiger charge is 2.13. The van der Waals surface area contributed by atoms with Crippen molar-refractivity contribution >= 4 is 13.8 Å². The first-order valence-electron chi connectivity index (χ1n) is 5.07. The lowest BCUT2D eigenvalue weighted by atomic mass is 9.98. The summed E-state index contributed by atoms with van der Waals surface area (Å²) in [7, 11) is 9.47. The summed E-state index contributed by atoms with van der Waals surface area (Å²) in [5.41, 5.74) is 0. The van der Waals surface area contributed by atoms with E-state index in [0.717, 1.165) is 13.1 Å². The normalized spacial score (nSPS) is 13.4. The van der Waals surface area contributed by atoms with E-state index in [1.807, 2.05) is 39.8 Å². The van der Waals surface area contributed by atoms with Gasteiger partial charge in [-0.25, -0.2) is 0 Å². The molecule has 0 N–H and O–H groups in total. The number of nitrogens with zero attached hydrogens (tertiary/aromatic N) is 2. The molecule has 0 saturated heterocycles. The Labute approximate surface area is 88.9 Å². The number of rotatable bonds is 5. The van der Waals surface area contributed by atoms with Crippen molar-refractivity contribution in [3.63, 3.8) is 0 Å². The SMILES string of the molecule is [B]C(C)N(C)CCN(C)C(=O)C(C)C. The van der Waals surface area contributed by atoms with E-state index >= 15 is 0 Å². The highest BCUT2D eigenvalue weighted by Crippen LogP contribution is 1.99. The summed E-state index contributed by atoms with van der Waals surface area (Å²) in [4.78, 5) is 15.3. The minimum absolute atomic E-state index is 0.0394. The molecule has 0 aliphatic carbocycles. The lowest BCUT2D eigenvalue weighted by Gasteiger charge is -2.26. The first kappa shape index (κ1) is 13.5. The van der Waals surface area contributed by atoms with Gasteiger partial charge in [-0.1, -0.05) is 20.8 Å². The van der Waals surface area contributed by atoms with Gasteiger partial charge in [0.15, 0.2) is 0 Å². The Kier molecular flexibility index (Phi) is 5.85. The van der Waals surface area contributed by atoms with E-state index < -0.39 is 0 Å². The number of hydrogen-bond donors (Lipinski definition) is 0. The van der Waals surface area contributed by atoms with Crippen LogP contribution in [0.15, 0.2) is 0 Å². The Morgan fingerprint density at radius 1 is 1.21 bits per heavy atom. The average molecular weight is 196 g/mol. The average Bonchev–Trinajstić information content (AvgIpc) is 2.11. The maximum Gasteiger partial charge on any atom is 0.224 e. The van der Waals surface area contributed by atoms with Gasteiger partial charge in [-0.15, -0.1) is 0 Å². The molecular weight excluding hydrogens is 175 g/mol. The predicted molar refractivity (Wildman–Crippen MR) is 60.3 cm³/mol. The molecule has 0 spiro atoms. The Balaban J connectivity index is 3.85. The molecule has 80 valence electrons. The molecule has 0 rings (SSSR count). The van der Waals surface area contributed by atoms with Crippen molar-refractivity contribution in [2.45, 2.75) is 26.7 Å². The van der Waals surface area contributed by atoms with Crippen LogP contribution in [0.3, 0.4) is 0 Å². The molecule has 14 heavy (non-hydrogen) atoms. The number of carbonyl (C=O) groups excluding carboxylic acids is 1. The van der Waals surface area contributed by atoms with Gasteiger partial charge in [-0.2, -0.15) is 0 Å². The maximum atomic E-state index is 11.5. The fourth-order valence-corrected chi connectivity index (χ4v) is 1.06. The standard InChI is InChI=1S/C10H21BN2O/c1-8(2)10(14)13(5)7-6-12(4)9(3)11/h8-9H,6-7H2,1-5H3. The van der Waals surface area contributed by atoms with E-state index in [-0.39, 0.29) is 17.8 Å². The van der Waals surface area contributed by atoms with Gasteiger partial charge in [0.05, 0.1) is 7.85 Å². The van der Waals surface area contributed by atoms with Crippen LogP contribution in [0, 0.1) is 5.92 Å². The third-order valence-electron chi connectivity index (χ3n) is 2.35. The summed E-state index contributed by atoms with van der Waals surface area (Å²) in [6.45, 7) is 7.30. The number of carbonyl (C=O) groups is 1. The second kappa shape index (κ2) is 6.07. The molecule has 0 aromatic rings. The first-order valence-corrected chi connectivity index (χ1v) is 5.07. The Hall–Kier alpha value is -0.505. The number of amides is 1. The zero-order chi connectivity index (χ0) is 11.3. The van der Waals surface area contributed by atoms with Crippen molar-refractivity contribution in [1.29, 1.82) is 0 Å². The van der Waals surface area contributed by atoms with Crippen molar-refractivity contribution in [2.24, 2.45) is 5.92 Å². The molecule has 0 saturated carbocycles. The van der Waals surface area contributed by atoms with Crippen LogP contribution in [0.2, 0.25) is 0 Å². The van der Waals surface area contributed by atoms with E-state index in [0.29, 0.717) is 0 Å². The molecule has 0 aliphatic rings. The van der Waals surface area contributed by atoms with Gasteiger partial charge in [-0.05, 0) is 13.0 Å². The predicted octanol–water partition coefficient (Wildman–Crippen LogP) is 0.547. The number of hydrogen-bond acceptors (Lipinski definition) is 2. The second-order valence-electron chi connectivity index (χ2n) is 4.14. The zero-order valence-corrected chi connectivity index (χ0v) is 9.95. The Morgan fingerprint density at radius 2 is 1.71 bits per heavy atom. The molecule has 3 nitrogen and oxygen atoms in total. The van der Waals surface area contributed by atoms with Gasteiger partial charge in [0.2, 0.25) is 5.91 Å². The molecule has 0 aromatic carbocycles.